The van der Waals surface area contributed by atoms with Gasteiger partial charge in [-0.25, -0.2) is 4.85 Å². The van der Waals surface area contributed by atoms with Crippen LogP contribution in [0.25, 0.3) is 16.0 Å². The molecule has 4 aromatic rings. The number of piperidine rings is 1. The second kappa shape index (κ2) is 14.7. The second-order valence-corrected chi connectivity index (χ2v) is 11.9. The van der Waals surface area contributed by atoms with E-state index >= 15 is 0 Å². The molecule has 45 heavy (non-hydrogen) atoms. The van der Waals surface area contributed by atoms with Gasteiger partial charge in [0.25, 0.3) is 0 Å². The fourth-order valence-corrected chi connectivity index (χ4v) is 6.73. The van der Waals surface area contributed by atoms with Gasteiger partial charge in [0.2, 0.25) is 5.91 Å². The van der Waals surface area contributed by atoms with Gasteiger partial charge in [-0.3, -0.25) is 9.69 Å². The van der Waals surface area contributed by atoms with E-state index < -0.39 is 0 Å². The van der Waals surface area contributed by atoms with Crippen molar-refractivity contribution in [1.82, 2.24) is 4.90 Å². The summed E-state index contributed by atoms with van der Waals surface area (Å²) in [6, 6.07) is 26.2. The lowest BCUT2D eigenvalue weighted by Gasteiger charge is -2.34. The monoisotopic (exact) mass is 619 g/mol. The molecule has 1 aliphatic carbocycles. The van der Waals surface area contributed by atoms with Crippen LogP contribution in [0.3, 0.4) is 0 Å². The molecule has 0 saturated carbocycles. The van der Waals surface area contributed by atoms with E-state index in [9.17, 15) is 4.79 Å². The largest absolute Gasteiger partial charge is 0.488 e. The molecular weight excluding hydrogens is 579 g/mol. The molecule has 0 unspecified atom stereocenters. The van der Waals surface area contributed by atoms with Crippen molar-refractivity contribution in [3.05, 3.63) is 124 Å². The summed E-state index contributed by atoms with van der Waals surface area (Å²) in [6.45, 7) is 11.8. The van der Waals surface area contributed by atoms with Gasteiger partial charge < -0.3 is 15.2 Å². The van der Waals surface area contributed by atoms with E-state index in [1.165, 1.54) is 27.8 Å². The van der Waals surface area contributed by atoms with E-state index in [2.05, 4.69) is 65.2 Å². The zero-order valence-electron chi connectivity index (χ0n) is 25.9. The molecule has 0 radical (unpaired) electrons. The van der Waals surface area contributed by atoms with Gasteiger partial charge in [-0.1, -0.05) is 73.2 Å². The molecule has 0 spiro atoms. The number of primary amides is 1. The third kappa shape index (κ3) is 7.19. The van der Waals surface area contributed by atoms with Crippen LogP contribution < -0.4 is 15.2 Å². The molecule has 1 atom stereocenters. The third-order valence-corrected chi connectivity index (χ3v) is 9.09. The van der Waals surface area contributed by atoms with Crippen LogP contribution in [0.5, 0.6) is 11.5 Å². The summed E-state index contributed by atoms with van der Waals surface area (Å²) in [7, 11) is 0. The van der Waals surface area contributed by atoms with Crippen molar-refractivity contribution in [2.24, 2.45) is 5.73 Å². The Hall–Kier alpha value is -4.25. The molecule has 6 nitrogen and oxygen atoms in total. The molecule has 232 valence electrons. The summed E-state index contributed by atoms with van der Waals surface area (Å²) in [5.74, 6) is 1.38. The van der Waals surface area contributed by atoms with Crippen LogP contribution in [-0.2, 0) is 37.4 Å². The Morgan fingerprint density at radius 3 is 2.49 bits per heavy atom. The maximum absolute atomic E-state index is 12.4. The summed E-state index contributed by atoms with van der Waals surface area (Å²) in [5, 5.41) is 0. The molecular formula is C38H41N3O3S. The van der Waals surface area contributed by atoms with Crippen LogP contribution in [0.1, 0.15) is 59.1 Å². The quantitative estimate of drug-likeness (QED) is 0.184. The number of rotatable bonds is 10. The molecule has 6 rings (SSSR count). The first-order valence-corrected chi connectivity index (χ1v) is 15.6. The molecule has 1 saturated heterocycles. The van der Waals surface area contributed by atoms with E-state index in [1.54, 1.807) is 6.07 Å². The van der Waals surface area contributed by atoms with Crippen molar-refractivity contribution < 1.29 is 14.3 Å². The van der Waals surface area contributed by atoms with Gasteiger partial charge >= 0.3 is 0 Å². The lowest BCUT2D eigenvalue weighted by Crippen LogP contribution is -2.47. The van der Waals surface area contributed by atoms with Crippen molar-refractivity contribution in [3.8, 4) is 22.6 Å². The first-order chi connectivity index (χ1) is 21.5. The molecule has 2 N–H and O–H groups in total. The SMILES string of the molecule is S.[C-]#[N+]c1cccc(COc2cc(OCc3cccc(-c4ccccc4)c3C)c3c(c2CN2CCCC[C@H]2C(N)=O)CCC3)c1. The maximum atomic E-state index is 12.4. The predicted octanol–water partition coefficient (Wildman–Crippen LogP) is 7.81. The Kier molecular flexibility index (Phi) is 10.5. The van der Waals surface area contributed by atoms with Gasteiger partial charge in [-0.05, 0) is 90.6 Å². The minimum Gasteiger partial charge on any atom is -0.488 e. The number of carbonyl (C=O) groups is 1. The number of nitrogens with zero attached hydrogens (tertiary/aromatic N) is 2. The van der Waals surface area contributed by atoms with E-state index in [1.807, 2.05) is 24.3 Å². The predicted molar refractivity (Wildman–Crippen MR) is 184 cm³/mol. The fraction of sp³-hybridized carbons (Fsp3) is 0.316. The average Bonchev–Trinajstić information content (AvgIpc) is 3.55. The minimum atomic E-state index is -0.264. The Morgan fingerprint density at radius 1 is 0.911 bits per heavy atom. The number of hydrogen-bond acceptors (Lipinski definition) is 4. The highest BCUT2D eigenvalue weighted by molar-refractivity contribution is 7.59. The number of nitrogens with two attached hydrogens (primary N) is 1. The summed E-state index contributed by atoms with van der Waals surface area (Å²) in [5.41, 5.74) is 15.8. The molecule has 1 aliphatic heterocycles. The molecule has 1 heterocycles. The summed E-state index contributed by atoms with van der Waals surface area (Å²) in [4.78, 5) is 18.2. The molecule has 1 fully saturated rings. The summed E-state index contributed by atoms with van der Waals surface area (Å²) >= 11 is 0. The number of likely N-dealkylation sites (tertiary alicyclic amines) is 1. The van der Waals surface area contributed by atoms with E-state index in [-0.39, 0.29) is 25.4 Å². The molecule has 0 aromatic heterocycles. The van der Waals surface area contributed by atoms with Crippen LogP contribution in [-0.4, -0.2) is 23.4 Å². The average molecular weight is 620 g/mol. The number of amides is 1. The Labute approximate surface area is 273 Å². The third-order valence-electron chi connectivity index (χ3n) is 9.09. The van der Waals surface area contributed by atoms with E-state index in [0.717, 1.165) is 73.3 Å². The Balaban J connectivity index is 0.00000400. The molecule has 1 amide bonds. The van der Waals surface area contributed by atoms with Crippen molar-refractivity contribution in [2.45, 2.75) is 71.2 Å². The maximum Gasteiger partial charge on any atom is 0.234 e. The van der Waals surface area contributed by atoms with Crippen LogP contribution in [0.4, 0.5) is 5.69 Å². The standard InChI is InChI=1S/C38H39N3O3.H2S/c1-26-29(14-9-16-31(26)28-12-4-3-5-13-28)25-44-36-22-37(43-24-27-11-8-15-30(21-27)40-2)34(32-17-10-18-33(32)36)23-41-20-7-6-19-35(41)38(39)42;/h3-5,8-9,11-16,21-22,35H,6-7,10,17-20,23-25H2,1H3,(H2,39,42);1H2/t35-;/m0./s1. The molecule has 4 aromatic carbocycles. The van der Waals surface area contributed by atoms with Gasteiger partial charge in [0.1, 0.15) is 24.7 Å². The normalized spacial score (nSPS) is 15.9. The van der Waals surface area contributed by atoms with Crippen molar-refractivity contribution in [2.75, 3.05) is 6.54 Å². The molecule has 0 bridgehead atoms. The van der Waals surface area contributed by atoms with Gasteiger partial charge in [0.15, 0.2) is 5.69 Å². The van der Waals surface area contributed by atoms with Gasteiger partial charge in [-0.2, -0.15) is 13.5 Å². The zero-order chi connectivity index (χ0) is 30.5. The van der Waals surface area contributed by atoms with Crippen LogP contribution >= 0.6 is 13.5 Å². The molecule has 2 aliphatic rings. The number of carbonyl (C=O) groups excluding carboxylic acids is 1. The summed E-state index contributed by atoms with van der Waals surface area (Å²) in [6.07, 6.45) is 5.81. The lowest BCUT2D eigenvalue weighted by molar-refractivity contribution is -0.124. The van der Waals surface area contributed by atoms with Crippen molar-refractivity contribution >= 4 is 25.1 Å². The fourth-order valence-electron chi connectivity index (χ4n) is 6.73. The van der Waals surface area contributed by atoms with Crippen molar-refractivity contribution in [1.29, 1.82) is 0 Å². The number of hydrogen-bond donors (Lipinski definition) is 1. The topological polar surface area (TPSA) is 69.2 Å². The van der Waals surface area contributed by atoms with Crippen LogP contribution in [0.2, 0.25) is 0 Å². The first kappa shape index (κ1) is 32.2. The van der Waals surface area contributed by atoms with Gasteiger partial charge in [-0.15, -0.1) is 0 Å². The number of fused-ring (bicyclic) bond motifs is 1. The number of benzene rings is 4. The second-order valence-electron chi connectivity index (χ2n) is 11.9. The zero-order valence-corrected chi connectivity index (χ0v) is 26.9. The minimum absolute atomic E-state index is 0. The Bertz CT molecular complexity index is 1700. The van der Waals surface area contributed by atoms with Gasteiger partial charge in [0, 0.05) is 18.2 Å². The number of ether oxygens (including phenoxy) is 2. The van der Waals surface area contributed by atoms with Gasteiger partial charge in [0.05, 0.1) is 12.6 Å². The lowest BCUT2D eigenvalue weighted by atomic mass is 9.96. The van der Waals surface area contributed by atoms with Crippen LogP contribution in [0.15, 0.2) is 78.9 Å². The summed E-state index contributed by atoms with van der Waals surface area (Å²) < 4.78 is 13.2. The highest BCUT2D eigenvalue weighted by Crippen LogP contribution is 2.41. The molecule has 7 heteroatoms. The smallest absolute Gasteiger partial charge is 0.234 e. The first-order valence-electron chi connectivity index (χ1n) is 15.6. The highest BCUT2D eigenvalue weighted by Gasteiger charge is 2.31. The Morgan fingerprint density at radius 2 is 1.69 bits per heavy atom. The highest BCUT2D eigenvalue weighted by atomic mass is 32.1. The van der Waals surface area contributed by atoms with E-state index in [4.69, 9.17) is 21.8 Å². The van der Waals surface area contributed by atoms with Crippen molar-refractivity contribution in [3.63, 3.8) is 0 Å². The van der Waals surface area contributed by atoms with E-state index in [0.29, 0.717) is 25.4 Å². The van der Waals surface area contributed by atoms with Crippen LogP contribution in [0, 0.1) is 13.5 Å².